The number of rotatable bonds is 7. The van der Waals surface area contributed by atoms with E-state index in [-0.39, 0.29) is 17.2 Å². The van der Waals surface area contributed by atoms with E-state index < -0.39 is 4.92 Å². The molecule has 8 heteroatoms. The molecule has 0 fully saturated rings. The fourth-order valence-corrected chi connectivity index (χ4v) is 1.67. The molecule has 0 aromatic carbocycles. The predicted octanol–water partition coefficient (Wildman–Crippen LogP) is 1.14. The SMILES string of the molecule is CNc1ncc([N+](=O)[O-])cc1C(=O)N(C)CCCOC. The molecule has 1 heterocycles. The van der Waals surface area contributed by atoms with E-state index in [4.69, 9.17) is 4.74 Å². The quantitative estimate of drug-likeness (QED) is 0.457. The maximum Gasteiger partial charge on any atom is 0.288 e. The van der Waals surface area contributed by atoms with E-state index in [1.807, 2.05) is 0 Å². The zero-order valence-corrected chi connectivity index (χ0v) is 11.8. The van der Waals surface area contributed by atoms with Crippen LogP contribution in [0.2, 0.25) is 0 Å². The van der Waals surface area contributed by atoms with Crippen molar-refractivity contribution in [3.05, 3.63) is 27.9 Å². The average molecular weight is 282 g/mol. The van der Waals surface area contributed by atoms with Gasteiger partial charge in [0.2, 0.25) is 0 Å². The number of amides is 1. The number of carbonyl (C=O) groups excluding carboxylic acids is 1. The molecule has 1 aromatic heterocycles. The number of ether oxygens (including phenoxy) is 1. The zero-order valence-electron chi connectivity index (χ0n) is 11.8. The first-order chi connectivity index (χ1) is 9.51. The van der Waals surface area contributed by atoms with Crippen molar-refractivity contribution in [1.82, 2.24) is 9.88 Å². The summed E-state index contributed by atoms with van der Waals surface area (Å²) in [6.45, 7) is 1.04. The van der Waals surface area contributed by atoms with E-state index in [0.29, 0.717) is 25.4 Å². The van der Waals surface area contributed by atoms with Gasteiger partial charge in [0.15, 0.2) is 0 Å². The molecule has 0 aliphatic carbocycles. The Labute approximate surface area is 116 Å². The van der Waals surface area contributed by atoms with Crippen molar-refractivity contribution in [2.45, 2.75) is 6.42 Å². The van der Waals surface area contributed by atoms with Crippen molar-refractivity contribution in [2.75, 3.05) is 39.7 Å². The fourth-order valence-electron chi connectivity index (χ4n) is 1.67. The van der Waals surface area contributed by atoms with Crippen molar-refractivity contribution in [3.63, 3.8) is 0 Å². The first kappa shape index (κ1) is 15.8. The third-order valence-corrected chi connectivity index (χ3v) is 2.74. The van der Waals surface area contributed by atoms with Crippen molar-refractivity contribution in [3.8, 4) is 0 Å². The highest BCUT2D eigenvalue weighted by Gasteiger charge is 2.20. The largest absolute Gasteiger partial charge is 0.385 e. The molecule has 1 rings (SSSR count). The van der Waals surface area contributed by atoms with Crippen molar-refractivity contribution < 1.29 is 14.5 Å². The molecule has 1 amide bonds. The lowest BCUT2D eigenvalue weighted by Crippen LogP contribution is -2.29. The predicted molar refractivity (Wildman–Crippen MR) is 73.9 cm³/mol. The first-order valence-electron chi connectivity index (χ1n) is 6.07. The number of nitro groups is 1. The van der Waals surface area contributed by atoms with E-state index in [0.717, 1.165) is 6.20 Å². The average Bonchev–Trinajstić information content (AvgIpc) is 2.45. The molecule has 1 N–H and O–H groups in total. The number of carbonyl (C=O) groups is 1. The van der Waals surface area contributed by atoms with E-state index >= 15 is 0 Å². The molecular formula is C12H18N4O4. The number of anilines is 1. The van der Waals surface area contributed by atoms with Gasteiger partial charge < -0.3 is 15.0 Å². The molecule has 20 heavy (non-hydrogen) atoms. The summed E-state index contributed by atoms with van der Waals surface area (Å²) < 4.78 is 4.92. The van der Waals surface area contributed by atoms with Gasteiger partial charge in [0.05, 0.1) is 10.5 Å². The molecule has 0 saturated carbocycles. The topological polar surface area (TPSA) is 97.6 Å². The number of hydrogen-bond acceptors (Lipinski definition) is 6. The van der Waals surface area contributed by atoms with Gasteiger partial charge in [-0.25, -0.2) is 4.98 Å². The Morgan fingerprint density at radius 2 is 2.30 bits per heavy atom. The minimum absolute atomic E-state index is 0.182. The minimum atomic E-state index is -0.575. The van der Waals surface area contributed by atoms with E-state index in [9.17, 15) is 14.9 Å². The summed E-state index contributed by atoms with van der Waals surface area (Å²) in [5.74, 6) is 0.000782. The first-order valence-corrected chi connectivity index (χ1v) is 6.07. The van der Waals surface area contributed by atoms with Gasteiger partial charge >= 0.3 is 0 Å². The van der Waals surface area contributed by atoms with E-state index in [1.165, 1.54) is 11.0 Å². The van der Waals surface area contributed by atoms with Crippen LogP contribution >= 0.6 is 0 Å². The second-order valence-electron chi connectivity index (χ2n) is 4.17. The molecule has 0 atom stereocenters. The molecule has 8 nitrogen and oxygen atoms in total. The van der Waals surface area contributed by atoms with Crippen molar-refractivity contribution >= 4 is 17.4 Å². The van der Waals surface area contributed by atoms with Crippen molar-refractivity contribution in [1.29, 1.82) is 0 Å². The molecule has 0 spiro atoms. The van der Waals surface area contributed by atoms with Gasteiger partial charge in [-0.3, -0.25) is 14.9 Å². The number of nitrogens with zero attached hydrogens (tertiary/aromatic N) is 3. The molecule has 1 aromatic rings. The van der Waals surface area contributed by atoms with Crippen LogP contribution < -0.4 is 5.32 Å². The Morgan fingerprint density at radius 3 is 2.85 bits per heavy atom. The molecule has 0 aliphatic rings. The van der Waals surface area contributed by atoms with Gasteiger partial charge in [0, 0.05) is 40.4 Å². The van der Waals surface area contributed by atoms with E-state index in [2.05, 4.69) is 10.3 Å². The Balaban J connectivity index is 2.94. The maximum atomic E-state index is 12.3. The molecule has 0 aliphatic heterocycles. The normalized spacial score (nSPS) is 10.2. The van der Waals surface area contributed by atoms with Gasteiger partial charge in [-0.2, -0.15) is 0 Å². The van der Waals surface area contributed by atoms with Gasteiger partial charge in [0.25, 0.3) is 11.6 Å². The molecular weight excluding hydrogens is 264 g/mol. The van der Waals surface area contributed by atoms with Gasteiger partial charge in [-0.15, -0.1) is 0 Å². The molecule has 0 radical (unpaired) electrons. The summed E-state index contributed by atoms with van der Waals surface area (Å²) in [4.78, 5) is 27.8. The van der Waals surface area contributed by atoms with E-state index in [1.54, 1.807) is 21.2 Å². The highest BCUT2D eigenvalue weighted by Crippen LogP contribution is 2.20. The Morgan fingerprint density at radius 1 is 1.60 bits per heavy atom. The highest BCUT2D eigenvalue weighted by molar-refractivity contribution is 5.99. The third-order valence-electron chi connectivity index (χ3n) is 2.74. The Hall–Kier alpha value is -2.22. The molecule has 0 bridgehead atoms. The van der Waals surface area contributed by atoms with Crippen LogP contribution in [-0.4, -0.2) is 55.1 Å². The Kier molecular flexibility index (Phi) is 5.85. The van der Waals surface area contributed by atoms with Crippen LogP contribution in [0.4, 0.5) is 11.5 Å². The smallest absolute Gasteiger partial charge is 0.288 e. The number of aromatic nitrogens is 1. The maximum absolute atomic E-state index is 12.3. The standard InChI is InChI=1S/C12H18N4O4/c1-13-11-10(7-9(8-14-11)16(18)19)12(17)15(2)5-4-6-20-3/h7-8H,4-6H2,1-3H3,(H,13,14). The molecule has 110 valence electrons. The second-order valence-corrected chi connectivity index (χ2v) is 4.17. The summed E-state index contributed by atoms with van der Waals surface area (Å²) in [5, 5.41) is 13.5. The van der Waals surface area contributed by atoms with Crippen molar-refractivity contribution in [2.24, 2.45) is 0 Å². The lowest BCUT2D eigenvalue weighted by molar-refractivity contribution is -0.385. The molecule has 0 unspecified atom stereocenters. The van der Waals surface area contributed by atoms with Crippen LogP contribution in [-0.2, 0) is 4.74 Å². The van der Waals surface area contributed by atoms with Gasteiger partial charge in [0.1, 0.15) is 12.0 Å². The lowest BCUT2D eigenvalue weighted by Gasteiger charge is -2.18. The summed E-state index contributed by atoms with van der Waals surface area (Å²) in [5.41, 5.74) is -0.0285. The number of hydrogen-bond donors (Lipinski definition) is 1. The monoisotopic (exact) mass is 282 g/mol. The van der Waals surface area contributed by atoms with Crippen LogP contribution in [0.15, 0.2) is 12.3 Å². The summed E-state index contributed by atoms with van der Waals surface area (Å²) >= 11 is 0. The zero-order chi connectivity index (χ0) is 15.1. The summed E-state index contributed by atoms with van der Waals surface area (Å²) in [6, 6.07) is 1.23. The Bertz CT molecular complexity index is 492. The lowest BCUT2D eigenvalue weighted by atomic mass is 10.2. The summed E-state index contributed by atoms with van der Waals surface area (Å²) in [6.07, 6.45) is 1.81. The van der Waals surface area contributed by atoms with Crippen LogP contribution in [0.1, 0.15) is 16.8 Å². The number of pyridine rings is 1. The fraction of sp³-hybridized carbons (Fsp3) is 0.500. The van der Waals surface area contributed by atoms with Crippen LogP contribution in [0.5, 0.6) is 0 Å². The number of nitrogens with one attached hydrogen (secondary N) is 1. The van der Waals surface area contributed by atoms with Crippen LogP contribution in [0.3, 0.4) is 0 Å². The number of methoxy groups -OCH3 is 1. The van der Waals surface area contributed by atoms with Gasteiger partial charge in [-0.05, 0) is 6.42 Å². The highest BCUT2D eigenvalue weighted by atomic mass is 16.6. The van der Waals surface area contributed by atoms with Crippen LogP contribution in [0.25, 0.3) is 0 Å². The minimum Gasteiger partial charge on any atom is -0.385 e. The second kappa shape index (κ2) is 7.39. The third kappa shape index (κ3) is 3.89. The molecule has 0 saturated heterocycles. The summed E-state index contributed by atoms with van der Waals surface area (Å²) in [7, 11) is 4.83. The van der Waals surface area contributed by atoms with Gasteiger partial charge in [-0.1, -0.05) is 0 Å². The van der Waals surface area contributed by atoms with Crippen LogP contribution in [0, 0.1) is 10.1 Å².